The van der Waals surface area contributed by atoms with Crippen LogP contribution in [-0.4, -0.2) is 57.4 Å². The van der Waals surface area contributed by atoms with Gasteiger partial charge in [-0.25, -0.2) is 9.97 Å². The maximum atomic E-state index is 9.04. The molecular formula is C48H42BIN8O4. The van der Waals surface area contributed by atoms with E-state index in [9.17, 15) is 0 Å². The fourth-order valence-corrected chi connectivity index (χ4v) is 9.04. The second-order valence-electron chi connectivity index (χ2n) is 16.2. The first kappa shape index (κ1) is 39.9. The zero-order valence-corrected chi connectivity index (χ0v) is 36.7. The van der Waals surface area contributed by atoms with Crippen molar-refractivity contribution in [3.05, 3.63) is 136 Å². The van der Waals surface area contributed by atoms with Crippen LogP contribution in [0, 0.1) is 31.3 Å². The van der Waals surface area contributed by atoms with E-state index in [1.54, 1.807) is 6.20 Å². The molecule has 0 aliphatic heterocycles. The van der Waals surface area contributed by atoms with Crippen molar-refractivity contribution in [2.24, 2.45) is 0 Å². The molecule has 2 fully saturated rings. The Hall–Kier alpha value is -6.23. The Kier molecular flexibility index (Phi) is 10.4. The normalized spacial score (nSPS) is 13.7. The predicted octanol–water partition coefficient (Wildman–Crippen LogP) is 10.2. The lowest BCUT2D eigenvalue weighted by Gasteiger charge is -2.10. The summed E-state index contributed by atoms with van der Waals surface area (Å²) in [6.45, 7) is 7.87. The van der Waals surface area contributed by atoms with Crippen LogP contribution in [0.15, 0.2) is 107 Å². The fourth-order valence-electron chi connectivity index (χ4n) is 8.29. The van der Waals surface area contributed by atoms with E-state index in [1.807, 2.05) is 70.4 Å². The summed E-state index contributed by atoms with van der Waals surface area (Å²) in [6.07, 6.45) is 12.0. The van der Waals surface area contributed by atoms with Crippen LogP contribution in [0.4, 0.5) is 0 Å². The number of H-pyrrole nitrogens is 2. The number of benzene rings is 4. The van der Waals surface area contributed by atoms with Gasteiger partial charge in [-0.1, -0.05) is 58.8 Å². The molecule has 0 atom stereocenters. The van der Waals surface area contributed by atoms with Crippen molar-refractivity contribution in [1.82, 2.24) is 40.2 Å². The molecule has 4 aromatic carbocycles. The standard InChI is InChI=1S/C24H20N4O.C15H14IN3O.C9H8BNO2/c1-13-22(14(2)29-28-13)17-9-19(20-12-25-11-16-5-3-4-6-18(16)20)23-21(10-17)26-24(27-23)15-7-8-15;1-7-13(8(2)20-19-7)10-5-11(16)14-12(6-10)17-15(18-14)9-3-4-9;12-10(13)9-6-11-5-7-3-1-2-4-8(7)9/h3-6,9-12,15H,7-8H2,1-2H3,(H,26,27);5-6,9H,3-4H2,1-2H3,(H,17,18);1-6,12-13H. The van der Waals surface area contributed by atoms with Crippen LogP contribution in [0.25, 0.3) is 77.0 Å². The molecule has 2 aliphatic carbocycles. The molecule has 308 valence electrons. The van der Waals surface area contributed by atoms with Gasteiger partial charge in [0, 0.05) is 73.3 Å². The lowest BCUT2D eigenvalue weighted by Crippen LogP contribution is -2.30. The van der Waals surface area contributed by atoms with Crippen LogP contribution < -0.4 is 5.46 Å². The highest BCUT2D eigenvalue weighted by Crippen LogP contribution is 2.43. The number of aromatic amines is 2. The zero-order chi connectivity index (χ0) is 42.6. The first-order valence-electron chi connectivity index (χ1n) is 20.7. The molecule has 14 heteroatoms. The molecule has 6 aromatic heterocycles. The van der Waals surface area contributed by atoms with Gasteiger partial charge in [-0.05, 0) is 128 Å². The van der Waals surface area contributed by atoms with Gasteiger partial charge in [0.2, 0.25) is 0 Å². The molecule has 0 radical (unpaired) electrons. The van der Waals surface area contributed by atoms with E-state index in [-0.39, 0.29) is 0 Å². The van der Waals surface area contributed by atoms with E-state index in [0.717, 1.165) is 106 Å². The Bertz CT molecular complexity index is 3240. The summed E-state index contributed by atoms with van der Waals surface area (Å²) in [4.78, 5) is 25.2. The maximum absolute atomic E-state index is 9.04. The smallest absolute Gasteiger partial charge is 0.423 e. The topological polar surface area (TPSA) is 176 Å². The summed E-state index contributed by atoms with van der Waals surface area (Å²) in [5.41, 5.74) is 13.0. The highest BCUT2D eigenvalue weighted by atomic mass is 127. The average Bonchev–Trinajstić information content (AvgIpc) is 4.17. The number of hydrogen-bond acceptors (Lipinski definition) is 10. The third kappa shape index (κ3) is 7.67. The van der Waals surface area contributed by atoms with Crippen LogP contribution in [0.3, 0.4) is 0 Å². The molecule has 4 N–H and O–H groups in total. The van der Waals surface area contributed by atoms with Crippen LogP contribution in [0.1, 0.15) is 72.1 Å². The third-order valence-electron chi connectivity index (χ3n) is 11.7. The summed E-state index contributed by atoms with van der Waals surface area (Å²) < 4.78 is 11.9. The summed E-state index contributed by atoms with van der Waals surface area (Å²) in [6, 6.07) is 24.5. The highest BCUT2D eigenvalue weighted by molar-refractivity contribution is 14.1. The monoisotopic (exact) mass is 932 g/mol. The van der Waals surface area contributed by atoms with Crippen LogP contribution in [-0.2, 0) is 0 Å². The summed E-state index contributed by atoms with van der Waals surface area (Å²) >= 11 is 2.36. The van der Waals surface area contributed by atoms with E-state index in [1.165, 1.54) is 40.8 Å². The zero-order valence-electron chi connectivity index (χ0n) is 34.6. The van der Waals surface area contributed by atoms with Gasteiger partial charge in [-0.2, -0.15) is 0 Å². The second-order valence-corrected chi connectivity index (χ2v) is 17.4. The number of nitrogens with zero attached hydrogens (tertiary/aromatic N) is 6. The van der Waals surface area contributed by atoms with Crippen LogP contribution in [0.2, 0.25) is 0 Å². The van der Waals surface area contributed by atoms with Gasteiger partial charge in [-0.15, -0.1) is 0 Å². The molecule has 2 aliphatic rings. The Morgan fingerprint density at radius 2 is 1.13 bits per heavy atom. The summed E-state index contributed by atoms with van der Waals surface area (Å²) in [5.74, 6) is 5.11. The van der Waals surface area contributed by atoms with E-state index < -0.39 is 7.12 Å². The molecule has 12 rings (SSSR count). The summed E-state index contributed by atoms with van der Waals surface area (Å²) in [5, 5.41) is 30.3. The fraction of sp³-hybridized carbons (Fsp3) is 0.208. The van der Waals surface area contributed by atoms with Crippen molar-refractivity contribution in [3.63, 3.8) is 0 Å². The SMILES string of the molecule is Cc1noc(C)c1-c1cc(-c2cncc3ccccc23)c2nc(C3CC3)[nH]c2c1.Cc1noc(C)c1-c1cc(I)c2nc(C3CC3)[nH]c2c1.OB(O)c1cncc2ccccc12. The van der Waals surface area contributed by atoms with Gasteiger partial charge in [-0.3, -0.25) is 9.97 Å². The van der Waals surface area contributed by atoms with Gasteiger partial charge in [0.25, 0.3) is 0 Å². The third-order valence-corrected chi connectivity index (χ3v) is 12.5. The molecule has 12 nitrogen and oxygen atoms in total. The highest BCUT2D eigenvalue weighted by Gasteiger charge is 2.29. The molecule has 0 spiro atoms. The number of fused-ring (bicyclic) bond motifs is 4. The van der Waals surface area contributed by atoms with Crippen LogP contribution >= 0.6 is 22.6 Å². The first-order valence-corrected chi connectivity index (χ1v) is 21.8. The van der Waals surface area contributed by atoms with Crippen molar-refractivity contribution in [3.8, 4) is 33.4 Å². The number of hydrogen-bond donors (Lipinski definition) is 4. The van der Waals surface area contributed by atoms with Gasteiger partial charge in [0.15, 0.2) is 0 Å². The Morgan fingerprint density at radius 1 is 0.613 bits per heavy atom. The number of aromatic nitrogens is 8. The molecule has 62 heavy (non-hydrogen) atoms. The van der Waals surface area contributed by atoms with Crippen molar-refractivity contribution in [1.29, 1.82) is 0 Å². The van der Waals surface area contributed by atoms with Gasteiger partial charge >= 0.3 is 7.12 Å². The average molecular weight is 933 g/mol. The lowest BCUT2D eigenvalue weighted by atomic mass is 9.78. The molecule has 0 amide bonds. The predicted molar refractivity (Wildman–Crippen MR) is 251 cm³/mol. The number of pyridine rings is 2. The van der Waals surface area contributed by atoms with E-state index in [4.69, 9.17) is 29.1 Å². The number of rotatable bonds is 6. The Balaban J connectivity index is 0.000000120. The second kappa shape index (κ2) is 16.2. The van der Waals surface area contributed by atoms with Gasteiger partial charge in [0.1, 0.15) is 28.7 Å². The first-order chi connectivity index (χ1) is 30.1. The molecule has 2 saturated carbocycles. The van der Waals surface area contributed by atoms with Gasteiger partial charge < -0.3 is 29.1 Å². The molecule has 0 unspecified atom stereocenters. The maximum Gasteiger partial charge on any atom is 0.490 e. The largest absolute Gasteiger partial charge is 0.490 e. The Labute approximate surface area is 370 Å². The molecular weight excluding hydrogens is 890 g/mol. The molecule has 6 heterocycles. The number of aryl methyl sites for hydroxylation is 4. The van der Waals surface area contributed by atoms with Gasteiger partial charge in [0.05, 0.1) is 27.9 Å². The van der Waals surface area contributed by atoms with E-state index in [2.05, 4.69) is 95.3 Å². The van der Waals surface area contributed by atoms with Crippen molar-refractivity contribution in [2.45, 2.75) is 65.2 Å². The number of imidazole rings is 2. The quantitative estimate of drug-likeness (QED) is 0.0928. The number of halogens is 1. The van der Waals surface area contributed by atoms with Crippen molar-refractivity contribution in [2.75, 3.05) is 0 Å². The minimum atomic E-state index is -1.46. The van der Waals surface area contributed by atoms with Crippen molar-refractivity contribution >= 4 is 78.8 Å². The minimum absolute atomic E-state index is 0.443. The molecule has 0 bridgehead atoms. The van der Waals surface area contributed by atoms with Crippen LogP contribution in [0.5, 0.6) is 0 Å². The molecule has 10 aromatic rings. The van der Waals surface area contributed by atoms with Crippen molar-refractivity contribution < 1.29 is 19.1 Å². The minimum Gasteiger partial charge on any atom is -0.423 e. The summed E-state index contributed by atoms with van der Waals surface area (Å²) in [7, 11) is -1.46. The van der Waals surface area contributed by atoms with E-state index >= 15 is 0 Å². The van der Waals surface area contributed by atoms with E-state index in [0.29, 0.717) is 17.3 Å². The number of nitrogens with one attached hydrogen (secondary N) is 2. The Morgan fingerprint density at radius 3 is 1.69 bits per heavy atom. The lowest BCUT2D eigenvalue weighted by molar-refractivity contribution is 0.393. The molecule has 0 saturated heterocycles.